The van der Waals surface area contributed by atoms with Crippen LogP contribution in [0.1, 0.15) is 11.1 Å². The van der Waals surface area contributed by atoms with Crippen molar-refractivity contribution in [3.63, 3.8) is 0 Å². The first kappa shape index (κ1) is 10.6. The van der Waals surface area contributed by atoms with E-state index in [0.717, 1.165) is 11.3 Å². The molecule has 72 valence electrons. The Morgan fingerprint density at radius 3 is 3.00 bits per heavy atom. The molecule has 0 saturated carbocycles. The van der Waals surface area contributed by atoms with Crippen LogP contribution in [0.25, 0.3) is 0 Å². The summed E-state index contributed by atoms with van der Waals surface area (Å²) in [5.74, 6) is 0. The molecule has 0 heterocycles. The predicted molar refractivity (Wildman–Crippen MR) is 59.4 cm³/mol. The van der Waals surface area contributed by atoms with Crippen molar-refractivity contribution in [3.05, 3.63) is 40.9 Å². The number of nitrogens with zero attached hydrogens (tertiary/aromatic N) is 1. The van der Waals surface area contributed by atoms with Crippen LogP contribution in [0.15, 0.2) is 29.8 Å². The SMILES string of the molecule is Cc1c(C#N)cccc1NC/C=C/Cl. The Balaban J connectivity index is 2.83. The summed E-state index contributed by atoms with van der Waals surface area (Å²) in [4.78, 5) is 0. The summed E-state index contributed by atoms with van der Waals surface area (Å²) in [5, 5.41) is 12.0. The Kier molecular flexibility index (Phi) is 4.03. The molecule has 0 amide bonds. The zero-order chi connectivity index (χ0) is 10.4. The molecule has 0 aliphatic carbocycles. The fraction of sp³-hybridized carbons (Fsp3) is 0.182. The van der Waals surface area contributed by atoms with Gasteiger partial charge in [-0.3, -0.25) is 0 Å². The van der Waals surface area contributed by atoms with Gasteiger partial charge in [-0.2, -0.15) is 5.26 Å². The Morgan fingerprint density at radius 2 is 2.36 bits per heavy atom. The van der Waals surface area contributed by atoms with Crippen molar-refractivity contribution in [1.82, 2.24) is 0 Å². The minimum atomic E-state index is 0.666. The van der Waals surface area contributed by atoms with Crippen molar-refractivity contribution in [2.45, 2.75) is 6.92 Å². The van der Waals surface area contributed by atoms with Crippen LogP contribution in [0.4, 0.5) is 5.69 Å². The lowest BCUT2D eigenvalue weighted by atomic mass is 10.1. The van der Waals surface area contributed by atoms with E-state index in [9.17, 15) is 0 Å². The zero-order valence-corrected chi connectivity index (χ0v) is 8.67. The van der Waals surface area contributed by atoms with Gasteiger partial charge in [-0.15, -0.1) is 0 Å². The van der Waals surface area contributed by atoms with Gasteiger partial charge in [0, 0.05) is 17.8 Å². The first-order chi connectivity index (χ1) is 6.79. The van der Waals surface area contributed by atoms with Crippen LogP contribution < -0.4 is 5.32 Å². The van der Waals surface area contributed by atoms with Crippen molar-refractivity contribution < 1.29 is 0 Å². The molecule has 2 nitrogen and oxygen atoms in total. The number of rotatable bonds is 3. The van der Waals surface area contributed by atoms with Crippen molar-refractivity contribution in [2.24, 2.45) is 0 Å². The smallest absolute Gasteiger partial charge is 0.0995 e. The van der Waals surface area contributed by atoms with Crippen LogP contribution in [-0.4, -0.2) is 6.54 Å². The summed E-state index contributed by atoms with van der Waals surface area (Å²) in [5.41, 5.74) is 4.11. The molecule has 1 aromatic rings. The lowest BCUT2D eigenvalue weighted by Crippen LogP contribution is -2.00. The minimum Gasteiger partial charge on any atom is -0.381 e. The molecule has 0 aliphatic rings. The van der Waals surface area contributed by atoms with Crippen LogP contribution >= 0.6 is 11.6 Å². The van der Waals surface area contributed by atoms with E-state index < -0.39 is 0 Å². The molecule has 0 fully saturated rings. The quantitative estimate of drug-likeness (QED) is 0.825. The summed E-state index contributed by atoms with van der Waals surface area (Å²) in [6.45, 7) is 2.59. The molecular weight excluding hydrogens is 196 g/mol. The van der Waals surface area contributed by atoms with Crippen molar-refractivity contribution in [1.29, 1.82) is 5.26 Å². The fourth-order valence-corrected chi connectivity index (χ4v) is 1.25. The highest BCUT2D eigenvalue weighted by atomic mass is 35.5. The molecule has 0 spiro atoms. The van der Waals surface area contributed by atoms with E-state index in [1.807, 2.05) is 19.1 Å². The number of halogens is 1. The topological polar surface area (TPSA) is 35.8 Å². The third-order valence-electron chi connectivity index (χ3n) is 1.95. The number of hydrogen-bond acceptors (Lipinski definition) is 2. The van der Waals surface area contributed by atoms with E-state index in [-0.39, 0.29) is 0 Å². The largest absolute Gasteiger partial charge is 0.381 e. The van der Waals surface area contributed by atoms with Gasteiger partial charge in [0.2, 0.25) is 0 Å². The molecule has 14 heavy (non-hydrogen) atoms. The number of anilines is 1. The second kappa shape index (κ2) is 5.31. The van der Waals surface area contributed by atoms with Gasteiger partial charge in [-0.1, -0.05) is 23.7 Å². The van der Waals surface area contributed by atoms with E-state index in [1.54, 1.807) is 12.1 Å². The maximum Gasteiger partial charge on any atom is 0.0995 e. The highest BCUT2D eigenvalue weighted by Gasteiger charge is 2.00. The van der Waals surface area contributed by atoms with Crippen LogP contribution in [0.5, 0.6) is 0 Å². The molecule has 1 rings (SSSR count). The Labute approximate surface area is 88.8 Å². The maximum atomic E-state index is 8.80. The highest BCUT2D eigenvalue weighted by molar-refractivity contribution is 6.25. The molecule has 0 unspecified atom stereocenters. The third kappa shape index (κ3) is 2.51. The first-order valence-corrected chi connectivity index (χ1v) is 4.72. The average molecular weight is 207 g/mol. The molecule has 0 bridgehead atoms. The van der Waals surface area contributed by atoms with Crippen LogP contribution in [-0.2, 0) is 0 Å². The minimum absolute atomic E-state index is 0.666. The van der Waals surface area contributed by atoms with Gasteiger partial charge in [0.15, 0.2) is 0 Å². The molecule has 1 aromatic carbocycles. The van der Waals surface area contributed by atoms with E-state index in [1.165, 1.54) is 5.54 Å². The van der Waals surface area contributed by atoms with Crippen molar-refractivity contribution in [2.75, 3.05) is 11.9 Å². The van der Waals surface area contributed by atoms with E-state index in [2.05, 4.69) is 11.4 Å². The van der Waals surface area contributed by atoms with Gasteiger partial charge in [-0.05, 0) is 24.6 Å². The molecule has 0 radical (unpaired) electrons. The predicted octanol–water partition coefficient (Wildman–Crippen LogP) is 3.03. The average Bonchev–Trinajstić information content (AvgIpc) is 2.21. The summed E-state index contributed by atoms with van der Waals surface area (Å²) >= 11 is 5.39. The summed E-state index contributed by atoms with van der Waals surface area (Å²) in [6, 6.07) is 7.75. The second-order valence-corrected chi connectivity index (χ2v) is 3.08. The molecule has 0 atom stereocenters. The molecule has 0 saturated heterocycles. The molecular formula is C11H11ClN2. The Morgan fingerprint density at radius 1 is 1.57 bits per heavy atom. The Bertz CT molecular complexity index is 377. The van der Waals surface area contributed by atoms with Crippen LogP contribution in [0.2, 0.25) is 0 Å². The number of nitrogens with one attached hydrogen (secondary N) is 1. The fourth-order valence-electron chi connectivity index (χ4n) is 1.16. The van der Waals surface area contributed by atoms with Crippen LogP contribution in [0, 0.1) is 18.3 Å². The van der Waals surface area contributed by atoms with Gasteiger partial charge < -0.3 is 5.32 Å². The maximum absolute atomic E-state index is 8.80. The lowest BCUT2D eigenvalue weighted by Gasteiger charge is -2.07. The van der Waals surface area contributed by atoms with Crippen molar-refractivity contribution >= 4 is 17.3 Å². The lowest BCUT2D eigenvalue weighted by molar-refractivity contribution is 1.29. The number of nitriles is 1. The second-order valence-electron chi connectivity index (χ2n) is 2.83. The van der Waals surface area contributed by atoms with E-state index in [0.29, 0.717) is 12.1 Å². The summed E-state index contributed by atoms with van der Waals surface area (Å²) in [7, 11) is 0. The normalized spacial score (nSPS) is 10.1. The van der Waals surface area contributed by atoms with E-state index >= 15 is 0 Å². The van der Waals surface area contributed by atoms with Crippen LogP contribution in [0.3, 0.4) is 0 Å². The number of hydrogen-bond donors (Lipinski definition) is 1. The van der Waals surface area contributed by atoms with Gasteiger partial charge in [0.25, 0.3) is 0 Å². The van der Waals surface area contributed by atoms with Gasteiger partial charge in [-0.25, -0.2) is 0 Å². The molecule has 1 N–H and O–H groups in total. The summed E-state index contributed by atoms with van der Waals surface area (Å²) in [6.07, 6.45) is 1.81. The summed E-state index contributed by atoms with van der Waals surface area (Å²) < 4.78 is 0. The standard InChI is InChI=1S/C11H11ClN2/c1-9-10(8-13)4-2-5-11(9)14-7-3-6-12/h2-6,14H,7H2,1H3/b6-3+. The highest BCUT2D eigenvalue weighted by Crippen LogP contribution is 2.17. The van der Waals surface area contributed by atoms with Gasteiger partial charge in [0.1, 0.15) is 0 Å². The van der Waals surface area contributed by atoms with Gasteiger partial charge >= 0.3 is 0 Å². The zero-order valence-electron chi connectivity index (χ0n) is 7.92. The first-order valence-electron chi connectivity index (χ1n) is 4.28. The molecule has 0 aliphatic heterocycles. The number of benzene rings is 1. The van der Waals surface area contributed by atoms with E-state index in [4.69, 9.17) is 16.9 Å². The monoisotopic (exact) mass is 206 g/mol. The van der Waals surface area contributed by atoms with Gasteiger partial charge in [0.05, 0.1) is 11.6 Å². The Hall–Kier alpha value is -1.46. The molecule has 3 heteroatoms. The van der Waals surface area contributed by atoms with Crippen molar-refractivity contribution in [3.8, 4) is 6.07 Å². The third-order valence-corrected chi connectivity index (χ3v) is 2.13. The molecule has 0 aromatic heterocycles.